The second kappa shape index (κ2) is 8.56. The molecule has 0 aromatic heterocycles. The molecule has 0 heterocycles. The number of rotatable bonds is 8. The molecule has 0 aliphatic heterocycles. The highest BCUT2D eigenvalue weighted by molar-refractivity contribution is 14.1. The van der Waals surface area contributed by atoms with Gasteiger partial charge >= 0.3 is 0 Å². The molecule has 1 aromatic carbocycles. The SMILES string of the molecule is CCCCCCCCOc1cc(F)c(I)cc1N. The zero-order chi connectivity index (χ0) is 13.4. The molecule has 0 aliphatic rings. The molecule has 1 rings (SSSR count). The summed E-state index contributed by atoms with van der Waals surface area (Å²) in [6.45, 7) is 2.81. The Hall–Kier alpha value is -0.520. The van der Waals surface area contributed by atoms with Crippen LogP contribution in [0.2, 0.25) is 0 Å². The monoisotopic (exact) mass is 365 g/mol. The van der Waals surface area contributed by atoms with Gasteiger partial charge < -0.3 is 10.5 Å². The lowest BCUT2D eigenvalue weighted by Crippen LogP contribution is -2.01. The minimum absolute atomic E-state index is 0.275. The minimum Gasteiger partial charge on any atom is -0.491 e. The predicted octanol–water partition coefficient (Wildman–Crippen LogP) is 4.75. The van der Waals surface area contributed by atoms with E-state index in [-0.39, 0.29) is 5.82 Å². The van der Waals surface area contributed by atoms with E-state index in [0.717, 1.165) is 12.8 Å². The molecule has 0 unspecified atom stereocenters. The maximum Gasteiger partial charge on any atom is 0.145 e. The highest BCUT2D eigenvalue weighted by atomic mass is 127. The molecule has 0 fully saturated rings. The smallest absolute Gasteiger partial charge is 0.145 e. The van der Waals surface area contributed by atoms with Crippen molar-refractivity contribution in [1.82, 2.24) is 0 Å². The number of anilines is 1. The van der Waals surface area contributed by atoms with E-state index in [1.54, 1.807) is 6.07 Å². The van der Waals surface area contributed by atoms with Gasteiger partial charge in [-0.05, 0) is 35.1 Å². The average molecular weight is 365 g/mol. The lowest BCUT2D eigenvalue weighted by Gasteiger charge is -2.09. The molecular weight excluding hydrogens is 344 g/mol. The van der Waals surface area contributed by atoms with Crippen LogP contribution in [-0.4, -0.2) is 6.61 Å². The molecule has 0 saturated carbocycles. The molecule has 2 nitrogen and oxygen atoms in total. The van der Waals surface area contributed by atoms with Gasteiger partial charge in [0.2, 0.25) is 0 Å². The van der Waals surface area contributed by atoms with Gasteiger partial charge in [-0.2, -0.15) is 0 Å². The van der Waals surface area contributed by atoms with Gasteiger partial charge in [0.1, 0.15) is 11.6 Å². The number of benzene rings is 1. The molecule has 2 N–H and O–H groups in total. The third kappa shape index (κ3) is 5.42. The average Bonchev–Trinajstić information content (AvgIpc) is 2.34. The van der Waals surface area contributed by atoms with E-state index in [9.17, 15) is 4.39 Å². The summed E-state index contributed by atoms with van der Waals surface area (Å²) in [6, 6.07) is 2.97. The van der Waals surface area contributed by atoms with Crippen LogP contribution in [0.25, 0.3) is 0 Å². The van der Waals surface area contributed by atoms with Crippen LogP contribution >= 0.6 is 22.6 Å². The summed E-state index contributed by atoms with van der Waals surface area (Å²) in [4.78, 5) is 0. The van der Waals surface area contributed by atoms with Crippen molar-refractivity contribution in [2.75, 3.05) is 12.3 Å². The molecule has 0 bridgehead atoms. The Labute approximate surface area is 122 Å². The lowest BCUT2D eigenvalue weighted by molar-refractivity contribution is 0.304. The fourth-order valence-electron chi connectivity index (χ4n) is 1.73. The first-order chi connectivity index (χ1) is 8.65. The number of nitrogen functional groups attached to an aromatic ring is 1. The van der Waals surface area contributed by atoms with Crippen molar-refractivity contribution in [3.8, 4) is 5.75 Å². The first kappa shape index (κ1) is 15.5. The number of hydrogen-bond acceptors (Lipinski definition) is 2. The second-order valence-electron chi connectivity index (χ2n) is 4.42. The van der Waals surface area contributed by atoms with E-state index >= 15 is 0 Å². The Bertz CT molecular complexity index is 371. The summed E-state index contributed by atoms with van der Waals surface area (Å²) >= 11 is 1.92. The van der Waals surface area contributed by atoms with Crippen molar-refractivity contribution < 1.29 is 9.13 Å². The Morgan fingerprint density at radius 2 is 1.83 bits per heavy atom. The van der Waals surface area contributed by atoms with Crippen LogP contribution in [0, 0.1) is 9.39 Å². The number of hydrogen-bond donors (Lipinski definition) is 1. The zero-order valence-electron chi connectivity index (χ0n) is 10.8. The van der Waals surface area contributed by atoms with Gasteiger partial charge in [0.15, 0.2) is 0 Å². The molecule has 0 spiro atoms. The third-order valence-electron chi connectivity index (χ3n) is 2.81. The summed E-state index contributed by atoms with van der Waals surface area (Å²) in [5, 5.41) is 0. The minimum atomic E-state index is -0.275. The zero-order valence-corrected chi connectivity index (χ0v) is 13.0. The number of nitrogens with two attached hydrogens (primary N) is 1. The van der Waals surface area contributed by atoms with Gasteiger partial charge in [0.25, 0.3) is 0 Å². The van der Waals surface area contributed by atoms with Crippen LogP contribution in [0.4, 0.5) is 10.1 Å². The van der Waals surface area contributed by atoms with Gasteiger partial charge in [-0.3, -0.25) is 0 Å². The van der Waals surface area contributed by atoms with E-state index in [4.69, 9.17) is 10.5 Å². The van der Waals surface area contributed by atoms with Crippen molar-refractivity contribution in [1.29, 1.82) is 0 Å². The molecule has 0 amide bonds. The van der Waals surface area contributed by atoms with Crippen molar-refractivity contribution in [2.45, 2.75) is 45.4 Å². The van der Waals surface area contributed by atoms with Crippen LogP contribution in [0.5, 0.6) is 5.75 Å². The highest BCUT2D eigenvalue weighted by Gasteiger charge is 2.06. The van der Waals surface area contributed by atoms with Crippen molar-refractivity contribution in [2.24, 2.45) is 0 Å². The standard InChI is InChI=1S/C14H21FINO/c1-2-3-4-5-6-7-8-18-14-9-11(15)12(16)10-13(14)17/h9-10H,2-8,17H2,1H3. The van der Waals surface area contributed by atoms with Crippen LogP contribution in [-0.2, 0) is 0 Å². The summed E-state index contributed by atoms with van der Waals surface area (Å²) in [7, 11) is 0. The summed E-state index contributed by atoms with van der Waals surface area (Å²) in [5.74, 6) is 0.184. The fourth-order valence-corrected chi connectivity index (χ4v) is 2.22. The van der Waals surface area contributed by atoms with Crippen LogP contribution in [0.3, 0.4) is 0 Å². The van der Waals surface area contributed by atoms with Gasteiger partial charge in [-0.1, -0.05) is 39.0 Å². The van der Waals surface area contributed by atoms with Crippen molar-refractivity contribution in [3.05, 3.63) is 21.5 Å². The quantitative estimate of drug-likeness (QED) is 0.410. The van der Waals surface area contributed by atoms with E-state index in [1.165, 1.54) is 31.7 Å². The van der Waals surface area contributed by atoms with Gasteiger partial charge in [-0.15, -0.1) is 0 Å². The molecule has 0 saturated heterocycles. The van der Waals surface area contributed by atoms with Gasteiger partial charge in [0, 0.05) is 6.07 Å². The Balaban J connectivity index is 2.25. The van der Waals surface area contributed by atoms with Gasteiger partial charge in [0.05, 0.1) is 15.9 Å². The van der Waals surface area contributed by atoms with Gasteiger partial charge in [-0.25, -0.2) is 4.39 Å². The van der Waals surface area contributed by atoms with Crippen LogP contribution < -0.4 is 10.5 Å². The molecule has 18 heavy (non-hydrogen) atoms. The molecule has 102 valence electrons. The fraction of sp³-hybridized carbons (Fsp3) is 0.571. The third-order valence-corrected chi connectivity index (χ3v) is 3.63. The van der Waals surface area contributed by atoms with E-state index in [2.05, 4.69) is 6.92 Å². The Kier molecular flexibility index (Phi) is 7.39. The molecular formula is C14H21FINO. The predicted molar refractivity (Wildman–Crippen MR) is 82.4 cm³/mol. The molecule has 0 radical (unpaired) electrons. The first-order valence-corrected chi connectivity index (χ1v) is 7.60. The van der Waals surface area contributed by atoms with E-state index < -0.39 is 0 Å². The van der Waals surface area contributed by atoms with Crippen molar-refractivity contribution >= 4 is 28.3 Å². The topological polar surface area (TPSA) is 35.2 Å². The number of unbranched alkanes of at least 4 members (excludes halogenated alkanes) is 5. The van der Waals surface area contributed by atoms with Crippen LogP contribution in [0.15, 0.2) is 12.1 Å². The maximum absolute atomic E-state index is 13.3. The summed E-state index contributed by atoms with van der Waals surface area (Å²) < 4.78 is 19.4. The molecule has 4 heteroatoms. The largest absolute Gasteiger partial charge is 0.491 e. The number of ether oxygens (including phenoxy) is 1. The summed E-state index contributed by atoms with van der Waals surface area (Å²) in [6.07, 6.45) is 7.25. The van der Waals surface area contributed by atoms with Crippen molar-refractivity contribution in [3.63, 3.8) is 0 Å². The lowest BCUT2D eigenvalue weighted by atomic mass is 10.1. The maximum atomic E-state index is 13.3. The molecule has 0 atom stereocenters. The second-order valence-corrected chi connectivity index (χ2v) is 5.58. The van der Waals surface area contributed by atoms with E-state index in [0.29, 0.717) is 21.6 Å². The van der Waals surface area contributed by atoms with E-state index in [1.807, 2.05) is 22.6 Å². The number of halogens is 2. The summed E-state index contributed by atoms with van der Waals surface area (Å²) in [5.41, 5.74) is 6.28. The molecule has 0 aliphatic carbocycles. The first-order valence-electron chi connectivity index (χ1n) is 6.52. The Morgan fingerprint density at radius 3 is 2.56 bits per heavy atom. The highest BCUT2D eigenvalue weighted by Crippen LogP contribution is 2.26. The van der Waals surface area contributed by atoms with Crippen LogP contribution in [0.1, 0.15) is 45.4 Å². The normalized spacial score (nSPS) is 10.6. The Morgan fingerprint density at radius 1 is 1.17 bits per heavy atom. The molecule has 1 aromatic rings.